The lowest BCUT2D eigenvalue weighted by Gasteiger charge is -2.07. The third-order valence-electron chi connectivity index (χ3n) is 3.40. The van der Waals surface area contributed by atoms with E-state index in [1.807, 2.05) is 0 Å². The van der Waals surface area contributed by atoms with Crippen LogP contribution in [-0.2, 0) is 17.1 Å². The fourth-order valence-electron chi connectivity index (χ4n) is 2.31. The highest BCUT2D eigenvalue weighted by Crippen LogP contribution is 2.25. The molecule has 8 heteroatoms. The number of halogens is 1. The van der Waals surface area contributed by atoms with Crippen molar-refractivity contribution in [1.82, 2.24) is 8.54 Å². The zero-order valence-corrected chi connectivity index (χ0v) is 13.1. The van der Waals surface area contributed by atoms with Gasteiger partial charge in [0.2, 0.25) is 0 Å². The van der Waals surface area contributed by atoms with Gasteiger partial charge in [0, 0.05) is 12.7 Å². The molecule has 2 aromatic carbocycles. The van der Waals surface area contributed by atoms with Crippen LogP contribution in [0.1, 0.15) is 0 Å². The predicted octanol–water partition coefficient (Wildman–Crippen LogP) is 1.81. The van der Waals surface area contributed by atoms with Gasteiger partial charge < -0.3 is 5.73 Å². The van der Waals surface area contributed by atoms with Crippen molar-refractivity contribution in [3.8, 4) is 0 Å². The Labute approximate surface area is 131 Å². The minimum absolute atomic E-state index is 0.0512. The Morgan fingerprint density at radius 2 is 1.77 bits per heavy atom. The molecular weight excluding hydrogens is 326 g/mol. The van der Waals surface area contributed by atoms with Gasteiger partial charge in [0.15, 0.2) is 0 Å². The van der Waals surface area contributed by atoms with Gasteiger partial charge in [-0.25, -0.2) is 13.2 Å². The van der Waals surface area contributed by atoms with Crippen molar-refractivity contribution in [2.45, 2.75) is 4.90 Å². The van der Waals surface area contributed by atoms with E-state index in [1.54, 1.807) is 24.3 Å². The summed E-state index contributed by atoms with van der Waals surface area (Å²) in [5.74, 6) is 0. The van der Waals surface area contributed by atoms with E-state index in [0.29, 0.717) is 11.2 Å². The van der Waals surface area contributed by atoms with Gasteiger partial charge in [-0.15, -0.1) is 0 Å². The average Bonchev–Trinajstić information content (AvgIpc) is 2.71. The van der Waals surface area contributed by atoms with Crippen LogP contribution in [-0.4, -0.2) is 17.0 Å². The molecule has 0 aliphatic rings. The van der Waals surface area contributed by atoms with Gasteiger partial charge in [-0.2, -0.15) is 3.97 Å². The smallest absolute Gasteiger partial charge is 0.343 e. The van der Waals surface area contributed by atoms with Crippen molar-refractivity contribution in [2.75, 3.05) is 5.73 Å². The molecule has 0 aliphatic carbocycles. The van der Waals surface area contributed by atoms with E-state index in [1.165, 1.54) is 29.8 Å². The number of anilines is 1. The second kappa shape index (κ2) is 4.89. The first-order valence-electron chi connectivity index (χ1n) is 6.31. The number of nitrogens with zero attached hydrogens (tertiary/aromatic N) is 2. The number of aryl methyl sites for hydroxylation is 1. The maximum atomic E-state index is 12.8. The van der Waals surface area contributed by atoms with E-state index in [0.717, 1.165) is 3.97 Å². The van der Waals surface area contributed by atoms with Gasteiger partial charge in [0.25, 0.3) is 10.0 Å². The highest BCUT2D eigenvalue weighted by molar-refractivity contribution is 7.90. The number of nitrogen functional groups attached to an aromatic ring is 1. The fraction of sp³-hybridized carbons (Fsp3) is 0.0714. The molecule has 6 nitrogen and oxygen atoms in total. The minimum atomic E-state index is -4.13. The van der Waals surface area contributed by atoms with Crippen LogP contribution in [0.5, 0.6) is 0 Å². The van der Waals surface area contributed by atoms with Crippen molar-refractivity contribution < 1.29 is 8.42 Å². The molecule has 0 amide bonds. The number of hydrogen-bond donors (Lipinski definition) is 1. The van der Waals surface area contributed by atoms with Gasteiger partial charge in [0.05, 0.1) is 16.1 Å². The molecule has 0 fully saturated rings. The maximum Gasteiger partial charge on any atom is 0.343 e. The Morgan fingerprint density at radius 1 is 1.09 bits per heavy atom. The fourth-order valence-corrected chi connectivity index (χ4v) is 4.24. The quantitative estimate of drug-likeness (QED) is 0.722. The molecule has 3 aromatic rings. The summed E-state index contributed by atoms with van der Waals surface area (Å²) in [7, 11) is -2.63. The lowest BCUT2D eigenvalue weighted by atomic mass is 10.3. The third-order valence-corrected chi connectivity index (χ3v) is 5.58. The molecule has 0 spiro atoms. The highest BCUT2D eigenvalue weighted by Gasteiger charge is 2.26. The summed E-state index contributed by atoms with van der Waals surface area (Å²) in [5, 5.41) is 0.0512. The standard InChI is InChI=1S/C14H12ClN3O3S/c1-17-11-7-6-9(16)8-12(11)18(14(17)19)22(20,21)13-5-3-2-4-10(13)15/h2-8H,16H2,1H3. The second-order valence-corrected chi connectivity index (χ2v) is 6.95. The van der Waals surface area contributed by atoms with Crippen LogP contribution in [0.3, 0.4) is 0 Å². The van der Waals surface area contributed by atoms with E-state index in [4.69, 9.17) is 17.3 Å². The van der Waals surface area contributed by atoms with Crippen LogP contribution in [0.25, 0.3) is 11.0 Å². The summed E-state index contributed by atoms with van der Waals surface area (Å²) in [6, 6.07) is 10.6. The topological polar surface area (TPSA) is 87.1 Å². The first kappa shape index (κ1) is 14.7. The molecule has 22 heavy (non-hydrogen) atoms. The minimum Gasteiger partial charge on any atom is -0.399 e. The van der Waals surface area contributed by atoms with Crippen molar-refractivity contribution in [3.05, 3.63) is 58.0 Å². The van der Waals surface area contributed by atoms with Gasteiger partial charge >= 0.3 is 5.69 Å². The van der Waals surface area contributed by atoms with E-state index < -0.39 is 15.7 Å². The molecule has 3 rings (SSSR count). The first-order chi connectivity index (χ1) is 10.3. The molecule has 0 bridgehead atoms. The van der Waals surface area contributed by atoms with Crippen molar-refractivity contribution in [3.63, 3.8) is 0 Å². The summed E-state index contributed by atoms with van der Waals surface area (Å²) >= 11 is 5.97. The summed E-state index contributed by atoms with van der Waals surface area (Å²) in [4.78, 5) is 12.3. The number of hydrogen-bond acceptors (Lipinski definition) is 4. The number of aromatic nitrogens is 2. The molecule has 0 unspecified atom stereocenters. The number of benzene rings is 2. The predicted molar refractivity (Wildman–Crippen MR) is 85.6 cm³/mol. The van der Waals surface area contributed by atoms with Gasteiger partial charge in [-0.05, 0) is 30.3 Å². The third kappa shape index (κ3) is 2.01. The van der Waals surface area contributed by atoms with E-state index in [9.17, 15) is 13.2 Å². The normalized spacial score (nSPS) is 11.9. The van der Waals surface area contributed by atoms with E-state index in [-0.39, 0.29) is 15.4 Å². The van der Waals surface area contributed by atoms with Crippen molar-refractivity contribution in [2.24, 2.45) is 7.05 Å². The Bertz CT molecular complexity index is 1050. The van der Waals surface area contributed by atoms with Crippen LogP contribution in [0, 0.1) is 0 Å². The van der Waals surface area contributed by atoms with Crippen LogP contribution < -0.4 is 11.4 Å². The van der Waals surface area contributed by atoms with Crippen molar-refractivity contribution in [1.29, 1.82) is 0 Å². The summed E-state index contributed by atoms with van der Waals surface area (Å²) in [6.45, 7) is 0. The van der Waals surface area contributed by atoms with Crippen LogP contribution in [0.4, 0.5) is 5.69 Å². The Balaban J connectivity index is 2.45. The highest BCUT2D eigenvalue weighted by atomic mass is 35.5. The molecule has 0 saturated heterocycles. The van der Waals surface area contributed by atoms with Gasteiger partial charge in [-0.1, -0.05) is 23.7 Å². The zero-order valence-electron chi connectivity index (χ0n) is 11.5. The molecule has 0 atom stereocenters. The molecular formula is C14H12ClN3O3S. The monoisotopic (exact) mass is 337 g/mol. The molecule has 0 saturated carbocycles. The van der Waals surface area contributed by atoms with Gasteiger partial charge in [0.1, 0.15) is 4.90 Å². The summed E-state index contributed by atoms with van der Waals surface area (Å²) < 4.78 is 27.7. The van der Waals surface area contributed by atoms with E-state index in [2.05, 4.69) is 0 Å². The first-order valence-corrected chi connectivity index (χ1v) is 8.13. The lowest BCUT2D eigenvalue weighted by molar-refractivity contribution is 0.586. The second-order valence-electron chi connectivity index (χ2n) is 4.79. The number of rotatable bonds is 2. The largest absolute Gasteiger partial charge is 0.399 e. The SMILES string of the molecule is Cn1c(=O)n(S(=O)(=O)c2ccccc2Cl)c2cc(N)ccc21. The number of fused-ring (bicyclic) bond motifs is 1. The average molecular weight is 338 g/mol. The Morgan fingerprint density at radius 3 is 2.45 bits per heavy atom. The van der Waals surface area contributed by atoms with Crippen molar-refractivity contribution >= 4 is 38.3 Å². The molecule has 0 aliphatic heterocycles. The number of nitrogens with two attached hydrogens (primary N) is 1. The Hall–Kier alpha value is -2.25. The molecule has 1 heterocycles. The molecule has 1 aromatic heterocycles. The maximum absolute atomic E-state index is 12.8. The lowest BCUT2D eigenvalue weighted by Crippen LogP contribution is -2.28. The summed E-state index contributed by atoms with van der Waals surface area (Å²) in [6.07, 6.45) is 0. The summed E-state index contributed by atoms with van der Waals surface area (Å²) in [5.41, 5.74) is 6.08. The Kier molecular flexibility index (Phi) is 3.26. The molecule has 0 radical (unpaired) electrons. The van der Waals surface area contributed by atoms with Crippen LogP contribution in [0.15, 0.2) is 52.2 Å². The molecule has 114 valence electrons. The zero-order chi connectivity index (χ0) is 16.1. The van der Waals surface area contributed by atoms with E-state index >= 15 is 0 Å². The van der Waals surface area contributed by atoms with Crippen LogP contribution >= 0.6 is 11.6 Å². The molecule has 2 N–H and O–H groups in total. The van der Waals surface area contributed by atoms with Gasteiger partial charge in [-0.3, -0.25) is 4.57 Å². The number of imidazole rings is 1. The van der Waals surface area contributed by atoms with Crippen LogP contribution in [0.2, 0.25) is 5.02 Å².